The van der Waals surface area contributed by atoms with Crippen molar-refractivity contribution in [2.45, 2.75) is 46.2 Å². The maximum atomic E-state index is 3.63. The molecule has 1 fully saturated rings. The Kier molecular flexibility index (Phi) is 6.45. The molecule has 2 unspecified atom stereocenters. The van der Waals surface area contributed by atoms with E-state index in [1.807, 2.05) is 0 Å². The zero-order valence-electron chi connectivity index (χ0n) is 12.4. The maximum Gasteiger partial charge on any atom is 0.0195 e. The highest BCUT2D eigenvalue weighted by Crippen LogP contribution is 2.07. The van der Waals surface area contributed by atoms with Crippen LogP contribution in [0.3, 0.4) is 0 Å². The van der Waals surface area contributed by atoms with Crippen molar-refractivity contribution in [3.63, 3.8) is 0 Å². The fourth-order valence-corrected chi connectivity index (χ4v) is 2.43. The second kappa shape index (κ2) is 7.34. The smallest absolute Gasteiger partial charge is 0.0195 e. The minimum atomic E-state index is 0.625. The molecule has 1 aliphatic rings. The lowest BCUT2D eigenvalue weighted by Gasteiger charge is -2.29. The molecule has 0 saturated carbocycles. The summed E-state index contributed by atoms with van der Waals surface area (Å²) in [4.78, 5) is 5.08. The molecule has 1 rings (SSSR count). The highest BCUT2D eigenvalue weighted by molar-refractivity contribution is 4.76. The van der Waals surface area contributed by atoms with Gasteiger partial charge in [-0.2, -0.15) is 0 Å². The van der Waals surface area contributed by atoms with Gasteiger partial charge in [0.05, 0.1) is 0 Å². The molecular formula is C14H31N3. The van der Waals surface area contributed by atoms with Crippen molar-refractivity contribution in [2.75, 3.05) is 39.8 Å². The largest absolute Gasteiger partial charge is 0.313 e. The van der Waals surface area contributed by atoms with Gasteiger partial charge in [0.2, 0.25) is 0 Å². The first-order valence-electron chi connectivity index (χ1n) is 7.16. The van der Waals surface area contributed by atoms with Crippen molar-refractivity contribution in [1.82, 2.24) is 15.1 Å². The molecule has 1 heterocycles. The summed E-state index contributed by atoms with van der Waals surface area (Å²) >= 11 is 0. The molecule has 0 aromatic rings. The molecule has 0 amide bonds. The predicted octanol–water partition coefficient (Wildman–Crippen LogP) is 1.65. The van der Waals surface area contributed by atoms with Crippen molar-refractivity contribution < 1.29 is 0 Å². The minimum Gasteiger partial charge on any atom is -0.313 e. The number of hydrogen-bond donors (Lipinski definition) is 1. The van der Waals surface area contributed by atoms with E-state index in [1.54, 1.807) is 0 Å². The summed E-state index contributed by atoms with van der Waals surface area (Å²) in [7, 11) is 2.24. The van der Waals surface area contributed by atoms with Gasteiger partial charge >= 0.3 is 0 Å². The monoisotopic (exact) mass is 241 g/mol. The third-order valence-electron chi connectivity index (χ3n) is 4.05. The normalized spacial score (nSPS) is 26.1. The Bertz CT molecular complexity index is 206. The molecule has 0 spiro atoms. The van der Waals surface area contributed by atoms with Crippen LogP contribution in [0.2, 0.25) is 0 Å². The predicted molar refractivity (Wildman–Crippen MR) is 75.5 cm³/mol. The standard InChI is InChI=1S/C14H31N3/c1-12(2)14(4)15-7-10-17-9-6-8-16(5)11-13(17)3/h12-15H,6-11H2,1-5H3. The molecule has 17 heavy (non-hydrogen) atoms. The quantitative estimate of drug-likeness (QED) is 0.789. The molecule has 0 aromatic heterocycles. The van der Waals surface area contributed by atoms with Crippen molar-refractivity contribution in [3.05, 3.63) is 0 Å². The number of rotatable bonds is 5. The Morgan fingerprint density at radius 3 is 2.59 bits per heavy atom. The third kappa shape index (κ3) is 5.36. The second-order valence-electron chi connectivity index (χ2n) is 5.99. The molecule has 2 atom stereocenters. The van der Waals surface area contributed by atoms with Crippen LogP contribution >= 0.6 is 0 Å². The van der Waals surface area contributed by atoms with Gasteiger partial charge in [-0.1, -0.05) is 13.8 Å². The van der Waals surface area contributed by atoms with Gasteiger partial charge in [-0.15, -0.1) is 0 Å². The van der Waals surface area contributed by atoms with Crippen molar-refractivity contribution in [2.24, 2.45) is 5.92 Å². The fourth-order valence-electron chi connectivity index (χ4n) is 2.43. The summed E-state index contributed by atoms with van der Waals surface area (Å²) < 4.78 is 0. The highest BCUT2D eigenvalue weighted by atomic mass is 15.2. The lowest BCUT2D eigenvalue weighted by atomic mass is 10.1. The Morgan fingerprint density at radius 1 is 1.24 bits per heavy atom. The van der Waals surface area contributed by atoms with E-state index in [0.717, 1.165) is 12.5 Å². The first kappa shape index (κ1) is 14.9. The molecular weight excluding hydrogens is 210 g/mol. The van der Waals surface area contributed by atoms with Crippen molar-refractivity contribution in [3.8, 4) is 0 Å². The topological polar surface area (TPSA) is 18.5 Å². The van der Waals surface area contributed by atoms with Gasteiger partial charge in [-0.3, -0.25) is 4.90 Å². The van der Waals surface area contributed by atoms with E-state index >= 15 is 0 Å². The number of hydrogen-bond acceptors (Lipinski definition) is 3. The average Bonchev–Trinajstić information content (AvgIpc) is 2.40. The molecule has 1 aliphatic heterocycles. The Labute approximate surface area is 108 Å². The van der Waals surface area contributed by atoms with E-state index in [9.17, 15) is 0 Å². The fraction of sp³-hybridized carbons (Fsp3) is 1.00. The number of nitrogens with zero attached hydrogens (tertiary/aromatic N) is 2. The molecule has 0 radical (unpaired) electrons. The van der Waals surface area contributed by atoms with Crippen LogP contribution in [0.25, 0.3) is 0 Å². The first-order valence-corrected chi connectivity index (χ1v) is 7.16. The number of likely N-dealkylation sites (N-methyl/N-ethyl adjacent to an activating group) is 1. The molecule has 0 bridgehead atoms. The lowest BCUT2D eigenvalue weighted by molar-refractivity contribution is 0.199. The Hall–Kier alpha value is -0.120. The van der Waals surface area contributed by atoms with Crippen LogP contribution in [-0.2, 0) is 0 Å². The van der Waals surface area contributed by atoms with E-state index in [-0.39, 0.29) is 0 Å². The maximum absolute atomic E-state index is 3.63. The molecule has 102 valence electrons. The van der Waals surface area contributed by atoms with Crippen LogP contribution in [-0.4, -0.2) is 61.7 Å². The van der Waals surface area contributed by atoms with E-state index in [4.69, 9.17) is 0 Å². The van der Waals surface area contributed by atoms with Crippen molar-refractivity contribution in [1.29, 1.82) is 0 Å². The molecule has 1 saturated heterocycles. The SMILES string of the molecule is CC(C)C(C)NCCN1CCCN(C)CC1C. The summed E-state index contributed by atoms with van der Waals surface area (Å²) in [5.41, 5.74) is 0. The average molecular weight is 241 g/mol. The van der Waals surface area contributed by atoms with Crippen LogP contribution in [0.4, 0.5) is 0 Å². The van der Waals surface area contributed by atoms with Crippen LogP contribution in [0.5, 0.6) is 0 Å². The first-order chi connectivity index (χ1) is 8.00. The summed E-state index contributed by atoms with van der Waals surface area (Å²) in [6.45, 7) is 15.2. The van der Waals surface area contributed by atoms with Gasteiger partial charge in [0.25, 0.3) is 0 Å². The molecule has 0 aliphatic carbocycles. The van der Waals surface area contributed by atoms with Crippen molar-refractivity contribution >= 4 is 0 Å². The van der Waals surface area contributed by atoms with Crippen LogP contribution in [0.1, 0.15) is 34.1 Å². The third-order valence-corrected chi connectivity index (χ3v) is 4.05. The van der Waals surface area contributed by atoms with Gasteiger partial charge in [0.15, 0.2) is 0 Å². The molecule has 3 nitrogen and oxygen atoms in total. The second-order valence-corrected chi connectivity index (χ2v) is 5.99. The molecule has 0 aromatic carbocycles. The van der Waals surface area contributed by atoms with Crippen LogP contribution < -0.4 is 5.32 Å². The van der Waals surface area contributed by atoms with E-state index in [0.29, 0.717) is 12.1 Å². The van der Waals surface area contributed by atoms with Crippen LogP contribution in [0, 0.1) is 5.92 Å². The molecule has 3 heteroatoms. The summed E-state index contributed by atoms with van der Waals surface area (Å²) in [6.07, 6.45) is 1.31. The summed E-state index contributed by atoms with van der Waals surface area (Å²) in [5.74, 6) is 0.725. The molecule has 1 N–H and O–H groups in total. The lowest BCUT2D eigenvalue weighted by Crippen LogP contribution is -2.43. The zero-order valence-corrected chi connectivity index (χ0v) is 12.4. The van der Waals surface area contributed by atoms with Crippen LogP contribution in [0.15, 0.2) is 0 Å². The number of nitrogens with one attached hydrogen (secondary N) is 1. The summed E-state index contributed by atoms with van der Waals surface area (Å²) in [5, 5.41) is 3.63. The van der Waals surface area contributed by atoms with E-state index in [2.05, 4.69) is 49.9 Å². The van der Waals surface area contributed by atoms with Gasteiger partial charge < -0.3 is 10.2 Å². The van der Waals surface area contributed by atoms with Gasteiger partial charge in [0, 0.05) is 31.7 Å². The zero-order chi connectivity index (χ0) is 12.8. The van der Waals surface area contributed by atoms with E-state index < -0.39 is 0 Å². The van der Waals surface area contributed by atoms with Gasteiger partial charge in [0.1, 0.15) is 0 Å². The van der Waals surface area contributed by atoms with E-state index in [1.165, 1.54) is 32.6 Å². The van der Waals surface area contributed by atoms with Gasteiger partial charge in [-0.05, 0) is 46.3 Å². The van der Waals surface area contributed by atoms with Gasteiger partial charge in [-0.25, -0.2) is 0 Å². The minimum absolute atomic E-state index is 0.625. The summed E-state index contributed by atoms with van der Waals surface area (Å²) in [6, 6.07) is 1.32. The highest BCUT2D eigenvalue weighted by Gasteiger charge is 2.19. The Morgan fingerprint density at radius 2 is 1.94 bits per heavy atom. The Balaban J connectivity index is 2.25.